The number of aryl methyl sites for hydroxylation is 1. The molecule has 0 fully saturated rings. The lowest BCUT2D eigenvalue weighted by molar-refractivity contribution is 1.27. The number of pyridine rings is 1. The molecule has 2 rings (SSSR count). The number of rotatable bonds is 2. The molecule has 0 saturated carbocycles. The van der Waals surface area contributed by atoms with Gasteiger partial charge >= 0.3 is 0 Å². The Labute approximate surface area is 90.1 Å². The largest absolute Gasteiger partial charge is 0.264 e. The maximum Gasteiger partial charge on any atom is 0.0342 e. The van der Waals surface area contributed by atoms with Crippen LogP contribution in [0.25, 0.3) is 12.2 Å². The number of hydrogen-bond donors (Lipinski definition) is 0. The van der Waals surface area contributed by atoms with E-state index in [4.69, 9.17) is 0 Å². The van der Waals surface area contributed by atoms with Crippen molar-refractivity contribution in [3.05, 3.63) is 65.5 Å². The van der Waals surface area contributed by atoms with Gasteiger partial charge in [-0.25, -0.2) is 0 Å². The summed E-state index contributed by atoms with van der Waals surface area (Å²) in [6.07, 6.45) is 7.89. The first-order valence-electron chi connectivity index (χ1n) is 5.00. The number of hydrogen-bond acceptors (Lipinski definition) is 1. The van der Waals surface area contributed by atoms with Crippen LogP contribution in [0.1, 0.15) is 16.7 Å². The molecule has 0 unspecified atom stereocenters. The molecular formula is C14H13N. The molecule has 0 atom stereocenters. The summed E-state index contributed by atoms with van der Waals surface area (Å²) < 4.78 is 0. The Morgan fingerprint density at radius 3 is 2.53 bits per heavy atom. The van der Waals surface area contributed by atoms with Crippen LogP contribution in [0.4, 0.5) is 0 Å². The predicted molar refractivity (Wildman–Crippen MR) is 64.3 cm³/mol. The van der Waals surface area contributed by atoms with Gasteiger partial charge in [0.15, 0.2) is 0 Å². The van der Waals surface area contributed by atoms with E-state index in [0.717, 1.165) is 0 Å². The van der Waals surface area contributed by atoms with E-state index in [1.807, 2.05) is 36.7 Å². The maximum absolute atomic E-state index is 4.11. The van der Waals surface area contributed by atoms with Crippen LogP contribution in [0.15, 0.2) is 48.8 Å². The molecule has 15 heavy (non-hydrogen) atoms. The number of benzene rings is 1. The van der Waals surface area contributed by atoms with Crippen LogP contribution in [0.5, 0.6) is 0 Å². The van der Waals surface area contributed by atoms with Crippen molar-refractivity contribution in [1.82, 2.24) is 4.98 Å². The molecule has 0 aliphatic heterocycles. The van der Waals surface area contributed by atoms with Crippen molar-refractivity contribution in [2.45, 2.75) is 6.92 Å². The molecule has 1 nitrogen and oxygen atoms in total. The summed E-state index contributed by atoms with van der Waals surface area (Å²) in [5, 5.41) is 0. The van der Waals surface area contributed by atoms with Gasteiger partial charge < -0.3 is 0 Å². The molecule has 1 heteroatoms. The van der Waals surface area contributed by atoms with Gasteiger partial charge in [-0.15, -0.1) is 0 Å². The van der Waals surface area contributed by atoms with Crippen molar-refractivity contribution in [3.8, 4) is 0 Å². The predicted octanol–water partition coefficient (Wildman–Crippen LogP) is 3.56. The summed E-state index contributed by atoms with van der Waals surface area (Å²) in [6, 6.07) is 12.3. The van der Waals surface area contributed by atoms with Crippen LogP contribution in [-0.2, 0) is 0 Å². The first-order chi connectivity index (χ1) is 7.36. The monoisotopic (exact) mass is 195 g/mol. The third-order valence-electron chi connectivity index (χ3n) is 2.33. The highest BCUT2D eigenvalue weighted by atomic mass is 14.6. The summed E-state index contributed by atoms with van der Waals surface area (Å²) in [5.41, 5.74) is 3.62. The highest BCUT2D eigenvalue weighted by molar-refractivity contribution is 5.70. The molecule has 2 aromatic rings. The minimum Gasteiger partial charge on any atom is -0.264 e. The van der Waals surface area contributed by atoms with Gasteiger partial charge in [-0.1, -0.05) is 42.5 Å². The third kappa shape index (κ3) is 2.53. The minimum absolute atomic E-state index is 1.17. The highest BCUT2D eigenvalue weighted by Gasteiger charge is 1.91. The van der Waals surface area contributed by atoms with E-state index in [1.165, 1.54) is 16.7 Å². The zero-order valence-electron chi connectivity index (χ0n) is 8.72. The molecule has 0 N–H and O–H groups in total. The van der Waals surface area contributed by atoms with Crippen molar-refractivity contribution in [2.75, 3.05) is 0 Å². The van der Waals surface area contributed by atoms with Gasteiger partial charge in [0.1, 0.15) is 0 Å². The lowest BCUT2D eigenvalue weighted by atomic mass is 10.1. The van der Waals surface area contributed by atoms with Gasteiger partial charge in [-0.05, 0) is 29.7 Å². The van der Waals surface area contributed by atoms with Gasteiger partial charge in [0.05, 0.1) is 0 Å². The van der Waals surface area contributed by atoms with Crippen LogP contribution >= 0.6 is 0 Å². The van der Waals surface area contributed by atoms with Gasteiger partial charge in [0.2, 0.25) is 0 Å². The van der Waals surface area contributed by atoms with Crippen LogP contribution in [-0.4, -0.2) is 4.98 Å². The standard InChI is InChI=1S/C14H13N/c1-12-9-10-15-11-14(12)8-7-13-5-3-2-4-6-13/h2-11H,1H3. The van der Waals surface area contributed by atoms with E-state index in [1.54, 1.807) is 0 Å². The summed E-state index contributed by atoms with van der Waals surface area (Å²) in [5.74, 6) is 0. The molecular weight excluding hydrogens is 182 g/mol. The Bertz CT molecular complexity index is 458. The Hall–Kier alpha value is -1.89. The van der Waals surface area contributed by atoms with Crippen LogP contribution in [0, 0.1) is 6.92 Å². The molecule has 0 amide bonds. The normalized spacial score (nSPS) is 10.7. The molecule has 0 radical (unpaired) electrons. The minimum atomic E-state index is 1.17. The fourth-order valence-corrected chi connectivity index (χ4v) is 1.40. The lowest BCUT2D eigenvalue weighted by Gasteiger charge is -1.97. The third-order valence-corrected chi connectivity index (χ3v) is 2.33. The summed E-state index contributed by atoms with van der Waals surface area (Å²) in [6.45, 7) is 2.09. The van der Waals surface area contributed by atoms with Crippen molar-refractivity contribution < 1.29 is 0 Å². The highest BCUT2D eigenvalue weighted by Crippen LogP contribution is 2.10. The Morgan fingerprint density at radius 1 is 1.00 bits per heavy atom. The van der Waals surface area contributed by atoms with Crippen LogP contribution in [0.2, 0.25) is 0 Å². The average Bonchev–Trinajstić information content (AvgIpc) is 2.29. The fourth-order valence-electron chi connectivity index (χ4n) is 1.40. The van der Waals surface area contributed by atoms with Gasteiger partial charge in [0.25, 0.3) is 0 Å². The van der Waals surface area contributed by atoms with Crippen LogP contribution in [0.3, 0.4) is 0 Å². The molecule has 0 saturated heterocycles. The Kier molecular flexibility index (Phi) is 2.93. The summed E-state index contributed by atoms with van der Waals surface area (Å²) >= 11 is 0. The van der Waals surface area contributed by atoms with E-state index in [2.05, 4.69) is 36.2 Å². The fraction of sp³-hybridized carbons (Fsp3) is 0.0714. The van der Waals surface area contributed by atoms with Crippen molar-refractivity contribution in [2.24, 2.45) is 0 Å². The van der Waals surface area contributed by atoms with Gasteiger partial charge in [0, 0.05) is 12.4 Å². The Balaban J connectivity index is 2.23. The molecule has 74 valence electrons. The zero-order valence-corrected chi connectivity index (χ0v) is 8.72. The first kappa shape index (κ1) is 9.66. The molecule has 0 aliphatic rings. The Morgan fingerprint density at radius 2 is 1.80 bits per heavy atom. The second kappa shape index (κ2) is 4.56. The second-order valence-corrected chi connectivity index (χ2v) is 3.48. The second-order valence-electron chi connectivity index (χ2n) is 3.48. The molecule has 1 aromatic carbocycles. The summed E-state index contributed by atoms with van der Waals surface area (Å²) in [7, 11) is 0. The number of aromatic nitrogens is 1. The van der Waals surface area contributed by atoms with E-state index in [0.29, 0.717) is 0 Å². The van der Waals surface area contributed by atoms with Gasteiger partial charge in [-0.2, -0.15) is 0 Å². The molecule has 1 aromatic heterocycles. The maximum atomic E-state index is 4.11. The molecule has 0 aliphatic carbocycles. The number of nitrogens with zero attached hydrogens (tertiary/aromatic N) is 1. The van der Waals surface area contributed by atoms with Crippen LogP contribution < -0.4 is 0 Å². The van der Waals surface area contributed by atoms with E-state index >= 15 is 0 Å². The topological polar surface area (TPSA) is 12.9 Å². The van der Waals surface area contributed by atoms with Crippen molar-refractivity contribution in [1.29, 1.82) is 0 Å². The van der Waals surface area contributed by atoms with Crippen molar-refractivity contribution >= 4 is 12.2 Å². The summed E-state index contributed by atoms with van der Waals surface area (Å²) in [4.78, 5) is 4.11. The van der Waals surface area contributed by atoms with E-state index in [9.17, 15) is 0 Å². The smallest absolute Gasteiger partial charge is 0.0342 e. The lowest BCUT2D eigenvalue weighted by Crippen LogP contribution is -1.81. The molecule has 0 spiro atoms. The van der Waals surface area contributed by atoms with E-state index < -0.39 is 0 Å². The quantitative estimate of drug-likeness (QED) is 0.714. The van der Waals surface area contributed by atoms with E-state index in [-0.39, 0.29) is 0 Å². The SMILES string of the molecule is Cc1ccncc1C=Cc1ccccc1. The van der Waals surface area contributed by atoms with Crippen molar-refractivity contribution in [3.63, 3.8) is 0 Å². The average molecular weight is 195 g/mol. The molecule has 1 heterocycles. The van der Waals surface area contributed by atoms with Gasteiger partial charge in [-0.3, -0.25) is 4.98 Å². The first-order valence-corrected chi connectivity index (χ1v) is 5.00. The molecule has 0 bridgehead atoms. The zero-order chi connectivity index (χ0) is 10.5.